The highest BCUT2D eigenvalue weighted by molar-refractivity contribution is 5.91. The average molecular weight is 427 g/mol. The van der Waals surface area contributed by atoms with Crippen molar-refractivity contribution in [3.05, 3.63) is 11.6 Å². The molecule has 0 aromatic rings. The molecule has 7 atom stereocenters. The first-order valence-corrected chi connectivity index (χ1v) is 12.6. The summed E-state index contributed by atoms with van der Waals surface area (Å²) >= 11 is 0. The highest BCUT2D eigenvalue weighted by Crippen LogP contribution is 2.66. The van der Waals surface area contributed by atoms with Gasteiger partial charge in [-0.1, -0.05) is 24.6 Å². The number of carbonyl (C=O) groups excluding carboxylic acids is 2. The van der Waals surface area contributed by atoms with Crippen LogP contribution in [0.25, 0.3) is 0 Å². The van der Waals surface area contributed by atoms with Crippen LogP contribution in [0.5, 0.6) is 0 Å². The van der Waals surface area contributed by atoms with Gasteiger partial charge in [-0.3, -0.25) is 4.79 Å². The number of ketones is 1. The molecule has 0 bridgehead atoms. The van der Waals surface area contributed by atoms with Crippen molar-refractivity contribution in [1.82, 2.24) is 5.32 Å². The predicted octanol–water partition coefficient (Wildman–Crippen LogP) is 4.81. The minimum Gasteiger partial charge on any atom is -0.317 e. The number of hydrogen-bond donors (Lipinski definition) is 1. The first-order valence-electron chi connectivity index (χ1n) is 12.6. The molecule has 5 heteroatoms. The van der Waals surface area contributed by atoms with Crippen molar-refractivity contribution in [2.24, 2.45) is 39.7 Å². The van der Waals surface area contributed by atoms with E-state index in [0.717, 1.165) is 56.7 Å². The van der Waals surface area contributed by atoms with Crippen molar-refractivity contribution in [3.63, 3.8) is 0 Å². The monoisotopic (exact) mass is 426 g/mol. The van der Waals surface area contributed by atoms with E-state index in [1.165, 1.54) is 31.3 Å². The number of fused-ring (bicyclic) bond motifs is 5. The van der Waals surface area contributed by atoms with Crippen molar-refractivity contribution >= 4 is 17.5 Å². The van der Waals surface area contributed by atoms with Gasteiger partial charge in [0.05, 0.1) is 5.71 Å². The molecule has 31 heavy (non-hydrogen) atoms. The Morgan fingerprint density at radius 1 is 1.10 bits per heavy atom. The lowest BCUT2D eigenvalue weighted by Gasteiger charge is -2.58. The Bertz CT molecular complexity index is 827. The zero-order chi connectivity index (χ0) is 21.8. The van der Waals surface area contributed by atoms with Crippen molar-refractivity contribution in [2.45, 2.75) is 91.0 Å². The van der Waals surface area contributed by atoms with E-state index in [4.69, 9.17) is 4.84 Å². The van der Waals surface area contributed by atoms with E-state index >= 15 is 0 Å². The zero-order valence-electron chi connectivity index (χ0n) is 19.4. The second kappa shape index (κ2) is 7.83. The highest BCUT2D eigenvalue weighted by atomic mass is 16.7. The molecule has 4 fully saturated rings. The van der Waals surface area contributed by atoms with Gasteiger partial charge in [0.15, 0.2) is 5.78 Å². The Hall–Kier alpha value is -1.49. The van der Waals surface area contributed by atoms with Gasteiger partial charge >= 0.3 is 5.97 Å². The van der Waals surface area contributed by atoms with Crippen LogP contribution in [0.1, 0.15) is 85.0 Å². The molecule has 1 heterocycles. The third kappa shape index (κ3) is 3.42. The molecule has 0 radical (unpaired) electrons. The van der Waals surface area contributed by atoms with Crippen LogP contribution in [0.15, 0.2) is 16.8 Å². The van der Waals surface area contributed by atoms with Crippen molar-refractivity contribution in [2.75, 3.05) is 6.54 Å². The summed E-state index contributed by atoms with van der Waals surface area (Å²) in [5, 5.41) is 7.55. The smallest absolute Gasteiger partial charge is 0.317 e. The Morgan fingerprint density at radius 3 is 2.71 bits per heavy atom. The molecule has 0 aromatic carbocycles. The SMILES string of the molecule is CC(=NOC(=O)C1CCCN1)[C@H]1CC[C@H]2C3CCC4=CC(=O)CC[C@]4(C)C3CC[C@]12C. The van der Waals surface area contributed by atoms with Crippen LogP contribution in [-0.2, 0) is 14.4 Å². The summed E-state index contributed by atoms with van der Waals surface area (Å²) < 4.78 is 0. The van der Waals surface area contributed by atoms with Crippen LogP contribution >= 0.6 is 0 Å². The van der Waals surface area contributed by atoms with Gasteiger partial charge < -0.3 is 10.2 Å². The van der Waals surface area contributed by atoms with Crippen LogP contribution in [0.4, 0.5) is 0 Å². The Morgan fingerprint density at radius 2 is 1.94 bits per heavy atom. The maximum atomic E-state index is 12.3. The number of oxime groups is 1. The Balaban J connectivity index is 1.32. The van der Waals surface area contributed by atoms with Crippen LogP contribution in [0.3, 0.4) is 0 Å². The van der Waals surface area contributed by atoms with E-state index in [1.54, 1.807) is 0 Å². The molecule has 5 nitrogen and oxygen atoms in total. The van der Waals surface area contributed by atoms with E-state index < -0.39 is 0 Å². The van der Waals surface area contributed by atoms with Gasteiger partial charge in [-0.05, 0) is 106 Å². The minimum atomic E-state index is -0.230. The summed E-state index contributed by atoms with van der Waals surface area (Å²) in [6.07, 6.45) is 12.8. The maximum Gasteiger partial charge on any atom is 0.351 e. The molecule has 5 rings (SSSR count). The zero-order valence-corrected chi connectivity index (χ0v) is 19.4. The maximum absolute atomic E-state index is 12.3. The molecule has 0 aromatic heterocycles. The molecule has 170 valence electrons. The van der Waals surface area contributed by atoms with E-state index in [-0.39, 0.29) is 22.8 Å². The lowest BCUT2D eigenvalue weighted by Crippen LogP contribution is -2.51. The first kappa shape index (κ1) is 21.4. The van der Waals surface area contributed by atoms with E-state index in [9.17, 15) is 9.59 Å². The number of allylic oxidation sites excluding steroid dienone is 1. The lowest BCUT2D eigenvalue weighted by molar-refractivity contribution is -0.145. The number of rotatable bonds is 3. The summed E-state index contributed by atoms with van der Waals surface area (Å²) in [5.41, 5.74) is 2.91. The summed E-state index contributed by atoms with van der Waals surface area (Å²) in [7, 11) is 0. The van der Waals surface area contributed by atoms with Gasteiger partial charge in [-0.25, -0.2) is 4.79 Å². The fourth-order valence-electron chi connectivity index (χ4n) is 8.38. The number of hydrogen-bond acceptors (Lipinski definition) is 5. The molecule has 0 amide bonds. The average Bonchev–Trinajstić information content (AvgIpc) is 3.40. The Labute approximate surface area is 186 Å². The van der Waals surface area contributed by atoms with Gasteiger partial charge in [-0.15, -0.1) is 0 Å². The molecular weight excluding hydrogens is 388 g/mol. The number of carbonyl (C=O) groups is 2. The fraction of sp³-hybridized carbons (Fsp3) is 0.808. The van der Waals surface area contributed by atoms with E-state index in [0.29, 0.717) is 23.5 Å². The third-order valence-corrected chi connectivity index (χ3v) is 10.1. The lowest BCUT2D eigenvalue weighted by atomic mass is 9.46. The van der Waals surface area contributed by atoms with Crippen molar-refractivity contribution in [1.29, 1.82) is 0 Å². The van der Waals surface area contributed by atoms with Crippen LogP contribution < -0.4 is 5.32 Å². The van der Waals surface area contributed by atoms with Crippen molar-refractivity contribution in [3.8, 4) is 0 Å². The summed E-state index contributed by atoms with van der Waals surface area (Å²) in [6.45, 7) is 7.87. The topological polar surface area (TPSA) is 67.8 Å². The molecule has 1 aliphatic heterocycles. The van der Waals surface area contributed by atoms with Gasteiger partial charge in [0, 0.05) is 12.3 Å². The predicted molar refractivity (Wildman–Crippen MR) is 120 cm³/mol. The summed E-state index contributed by atoms with van der Waals surface area (Å²) in [6, 6.07) is -0.188. The van der Waals surface area contributed by atoms with Crippen LogP contribution in [-0.4, -0.2) is 30.1 Å². The highest BCUT2D eigenvalue weighted by Gasteiger charge is 2.59. The molecule has 3 saturated carbocycles. The summed E-state index contributed by atoms with van der Waals surface area (Å²) in [4.78, 5) is 29.7. The molecule has 1 saturated heterocycles. The second-order valence-corrected chi connectivity index (χ2v) is 11.4. The minimum absolute atomic E-state index is 0.188. The second-order valence-electron chi connectivity index (χ2n) is 11.4. The third-order valence-electron chi connectivity index (χ3n) is 10.1. The standard InChI is InChI=1S/C26H38N2O3/c1-16(28-31-24(30)23-5-4-14-27-23)20-8-9-21-19-7-6-17-15-18(29)10-12-25(17,2)22(19)11-13-26(20,21)3/h15,19-23,27H,4-14H2,1-3H3/t19?,20-,21+,22?,23?,25+,26-/m1/s1. The van der Waals surface area contributed by atoms with Gasteiger partial charge in [0.2, 0.25) is 0 Å². The fourth-order valence-corrected chi connectivity index (χ4v) is 8.38. The van der Waals surface area contributed by atoms with Crippen LogP contribution in [0.2, 0.25) is 0 Å². The van der Waals surface area contributed by atoms with E-state index in [1.807, 2.05) is 6.08 Å². The van der Waals surface area contributed by atoms with Gasteiger partial charge in [0.25, 0.3) is 0 Å². The van der Waals surface area contributed by atoms with Gasteiger partial charge in [-0.2, -0.15) is 0 Å². The molecule has 5 aliphatic rings. The van der Waals surface area contributed by atoms with Crippen LogP contribution in [0, 0.1) is 34.5 Å². The molecule has 4 aliphatic carbocycles. The quantitative estimate of drug-likeness (QED) is 0.400. The molecule has 1 N–H and O–H groups in total. The largest absolute Gasteiger partial charge is 0.351 e. The normalized spacial score (nSPS) is 44.9. The van der Waals surface area contributed by atoms with E-state index in [2.05, 4.69) is 31.2 Å². The molecule has 0 spiro atoms. The molecule has 3 unspecified atom stereocenters. The summed E-state index contributed by atoms with van der Waals surface area (Å²) in [5.74, 6) is 2.68. The van der Waals surface area contributed by atoms with Gasteiger partial charge in [0.1, 0.15) is 6.04 Å². The number of nitrogens with one attached hydrogen (secondary N) is 1. The first-order chi connectivity index (χ1) is 14.8. The van der Waals surface area contributed by atoms with Crippen molar-refractivity contribution < 1.29 is 14.4 Å². The number of nitrogens with zero attached hydrogens (tertiary/aromatic N) is 1. The molecular formula is C26H38N2O3. The Kier molecular flexibility index (Phi) is 5.39.